The quantitative estimate of drug-likeness (QED) is 0.590. The summed E-state index contributed by atoms with van der Waals surface area (Å²) in [5.41, 5.74) is 2.78. The van der Waals surface area contributed by atoms with Gasteiger partial charge in [0.05, 0.1) is 13.2 Å². The van der Waals surface area contributed by atoms with E-state index in [0.29, 0.717) is 5.56 Å². The van der Waals surface area contributed by atoms with Crippen molar-refractivity contribution >= 4 is 11.9 Å². The highest BCUT2D eigenvalue weighted by Crippen LogP contribution is 2.25. The van der Waals surface area contributed by atoms with Crippen molar-refractivity contribution in [1.82, 2.24) is 5.32 Å². The highest BCUT2D eigenvalue weighted by molar-refractivity contribution is 5.98. The van der Waals surface area contributed by atoms with Crippen molar-refractivity contribution in [1.29, 1.82) is 0 Å². The molecule has 5 nitrogen and oxygen atoms in total. The van der Waals surface area contributed by atoms with Crippen LogP contribution in [0.25, 0.3) is 0 Å². The first-order valence-corrected chi connectivity index (χ1v) is 6.96. The summed E-state index contributed by atoms with van der Waals surface area (Å²) in [4.78, 5) is 23.5. The lowest BCUT2D eigenvalue weighted by Gasteiger charge is -2.15. The maximum atomic E-state index is 12.3. The number of rotatable bonds is 7. The Morgan fingerprint density at radius 3 is 2.95 bits per heavy atom. The van der Waals surface area contributed by atoms with Crippen LogP contribution >= 0.6 is 0 Å². The number of benzene rings is 1. The Balaban J connectivity index is 2.07. The van der Waals surface area contributed by atoms with Gasteiger partial charge in [0.2, 0.25) is 0 Å². The zero-order valence-corrected chi connectivity index (χ0v) is 11.8. The molecule has 0 saturated carbocycles. The van der Waals surface area contributed by atoms with Crippen LogP contribution in [-0.4, -0.2) is 36.2 Å². The van der Waals surface area contributed by atoms with Crippen molar-refractivity contribution in [2.45, 2.75) is 25.3 Å². The minimum atomic E-state index is -1.11. The smallest absolute Gasteiger partial charge is 0.328 e. The highest BCUT2D eigenvalue weighted by Gasteiger charge is 2.24. The number of hydrogen-bond donors (Lipinski definition) is 2. The molecule has 0 aromatic heterocycles. The lowest BCUT2D eigenvalue weighted by molar-refractivity contribution is -0.140. The Labute approximate surface area is 123 Å². The average molecular weight is 289 g/mol. The van der Waals surface area contributed by atoms with E-state index < -0.39 is 12.0 Å². The Bertz CT molecular complexity index is 553. The number of carbonyl (C=O) groups excluding carboxylic acids is 1. The third kappa shape index (κ3) is 3.70. The van der Waals surface area contributed by atoms with Gasteiger partial charge in [0.15, 0.2) is 6.04 Å². The summed E-state index contributed by atoms with van der Waals surface area (Å²) in [6.07, 6.45) is 4.40. The standard InChI is InChI=1S/C16H19NO4/c1-2-9-21-10-14(16(19)20)17-15(18)13-8-4-6-11-5-3-7-12(11)13/h2,4,6,8,14H,1,3,5,7,9-10H2,(H,17,18)(H,19,20). The van der Waals surface area contributed by atoms with Crippen LogP contribution in [0.1, 0.15) is 27.9 Å². The summed E-state index contributed by atoms with van der Waals surface area (Å²) in [5.74, 6) is -1.47. The van der Waals surface area contributed by atoms with Crippen LogP contribution in [0.3, 0.4) is 0 Å². The molecule has 2 rings (SSSR count). The Morgan fingerprint density at radius 1 is 1.43 bits per heavy atom. The SMILES string of the molecule is C=CCOCC(NC(=O)c1cccc2c1CCC2)C(=O)O. The number of ether oxygens (including phenoxy) is 1. The first-order chi connectivity index (χ1) is 10.1. The number of amides is 1. The molecule has 1 aliphatic rings. The molecule has 112 valence electrons. The molecule has 0 saturated heterocycles. The van der Waals surface area contributed by atoms with Crippen molar-refractivity contribution in [2.75, 3.05) is 13.2 Å². The molecule has 0 aliphatic heterocycles. The van der Waals surface area contributed by atoms with E-state index in [1.54, 1.807) is 6.07 Å². The van der Waals surface area contributed by atoms with Gasteiger partial charge < -0.3 is 15.2 Å². The van der Waals surface area contributed by atoms with Crippen molar-refractivity contribution in [3.63, 3.8) is 0 Å². The normalized spacial score (nSPS) is 14.3. The van der Waals surface area contributed by atoms with Gasteiger partial charge in [-0.25, -0.2) is 4.79 Å². The number of carbonyl (C=O) groups is 2. The largest absolute Gasteiger partial charge is 0.480 e. The molecule has 1 amide bonds. The van der Waals surface area contributed by atoms with Gasteiger partial charge in [-0.05, 0) is 36.5 Å². The van der Waals surface area contributed by atoms with E-state index in [0.717, 1.165) is 24.8 Å². The number of aryl methyl sites for hydroxylation is 1. The Hall–Kier alpha value is -2.14. The fourth-order valence-electron chi connectivity index (χ4n) is 2.51. The molecule has 1 aromatic rings. The third-order valence-electron chi connectivity index (χ3n) is 3.51. The zero-order valence-electron chi connectivity index (χ0n) is 11.8. The van der Waals surface area contributed by atoms with Gasteiger partial charge in [-0.2, -0.15) is 0 Å². The summed E-state index contributed by atoms with van der Waals surface area (Å²) >= 11 is 0. The number of aliphatic carboxylic acids is 1. The molecule has 1 aromatic carbocycles. The topological polar surface area (TPSA) is 75.6 Å². The minimum absolute atomic E-state index is 0.0812. The van der Waals surface area contributed by atoms with E-state index >= 15 is 0 Å². The van der Waals surface area contributed by atoms with Crippen LogP contribution < -0.4 is 5.32 Å². The molecule has 5 heteroatoms. The Morgan fingerprint density at radius 2 is 2.24 bits per heavy atom. The van der Waals surface area contributed by atoms with E-state index in [-0.39, 0.29) is 19.1 Å². The predicted octanol–water partition coefficient (Wildman–Crippen LogP) is 1.56. The molecule has 0 fully saturated rings. The fourth-order valence-corrected chi connectivity index (χ4v) is 2.51. The van der Waals surface area contributed by atoms with Crippen molar-refractivity contribution in [3.05, 3.63) is 47.5 Å². The van der Waals surface area contributed by atoms with Crippen LogP contribution in [0.5, 0.6) is 0 Å². The van der Waals surface area contributed by atoms with Crippen molar-refractivity contribution < 1.29 is 19.4 Å². The summed E-state index contributed by atoms with van der Waals surface area (Å²) in [6, 6.07) is 4.53. The first-order valence-electron chi connectivity index (χ1n) is 6.96. The van der Waals surface area contributed by atoms with Gasteiger partial charge in [-0.1, -0.05) is 18.2 Å². The first kappa shape index (κ1) is 15.3. The zero-order chi connectivity index (χ0) is 15.2. The number of carboxylic acids is 1. The molecule has 1 aliphatic carbocycles. The molecule has 1 atom stereocenters. The fraction of sp³-hybridized carbons (Fsp3) is 0.375. The number of hydrogen-bond acceptors (Lipinski definition) is 3. The molecular weight excluding hydrogens is 270 g/mol. The maximum absolute atomic E-state index is 12.3. The lowest BCUT2D eigenvalue weighted by Crippen LogP contribution is -2.44. The highest BCUT2D eigenvalue weighted by atomic mass is 16.5. The molecule has 2 N–H and O–H groups in total. The second-order valence-electron chi connectivity index (χ2n) is 4.99. The predicted molar refractivity (Wildman–Crippen MR) is 78.4 cm³/mol. The van der Waals surface area contributed by atoms with Gasteiger partial charge in [0.25, 0.3) is 5.91 Å². The van der Waals surface area contributed by atoms with Gasteiger partial charge in [-0.15, -0.1) is 6.58 Å². The molecule has 1 unspecified atom stereocenters. The van der Waals surface area contributed by atoms with Crippen LogP contribution in [-0.2, 0) is 22.4 Å². The van der Waals surface area contributed by atoms with Gasteiger partial charge in [0.1, 0.15) is 0 Å². The average Bonchev–Trinajstić information content (AvgIpc) is 2.94. The molecule has 21 heavy (non-hydrogen) atoms. The van der Waals surface area contributed by atoms with Gasteiger partial charge >= 0.3 is 5.97 Å². The maximum Gasteiger partial charge on any atom is 0.328 e. The van der Waals surface area contributed by atoms with Crippen LogP contribution in [0, 0.1) is 0 Å². The molecular formula is C16H19NO4. The van der Waals surface area contributed by atoms with Crippen molar-refractivity contribution in [2.24, 2.45) is 0 Å². The van der Waals surface area contributed by atoms with Crippen LogP contribution in [0.4, 0.5) is 0 Å². The Kier molecular flexibility index (Phi) is 5.11. The summed E-state index contributed by atoms with van der Waals surface area (Å²) < 4.78 is 5.12. The second-order valence-corrected chi connectivity index (χ2v) is 4.99. The van der Waals surface area contributed by atoms with E-state index in [9.17, 15) is 9.59 Å². The van der Waals surface area contributed by atoms with E-state index in [4.69, 9.17) is 9.84 Å². The molecule has 0 heterocycles. The summed E-state index contributed by atoms with van der Waals surface area (Å²) in [7, 11) is 0. The number of fused-ring (bicyclic) bond motifs is 1. The van der Waals surface area contributed by atoms with Crippen LogP contribution in [0.15, 0.2) is 30.9 Å². The second kappa shape index (κ2) is 7.04. The van der Waals surface area contributed by atoms with Crippen LogP contribution in [0.2, 0.25) is 0 Å². The summed E-state index contributed by atoms with van der Waals surface area (Å²) in [5, 5.41) is 11.7. The summed E-state index contributed by atoms with van der Waals surface area (Å²) in [6.45, 7) is 3.66. The van der Waals surface area contributed by atoms with Gasteiger partial charge in [0, 0.05) is 5.56 Å². The molecule has 0 bridgehead atoms. The van der Waals surface area contributed by atoms with E-state index in [1.165, 1.54) is 11.6 Å². The third-order valence-corrected chi connectivity index (χ3v) is 3.51. The molecule has 0 radical (unpaired) electrons. The number of nitrogens with one attached hydrogen (secondary N) is 1. The van der Waals surface area contributed by atoms with E-state index in [2.05, 4.69) is 11.9 Å². The monoisotopic (exact) mass is 289 g/mol. The lowest BCUT2D eigenvalue weighted by atomic mass is 10.0. The van der Waals surface area contributed by atoms with Crippen molar-refractivity contribution in [3.8, 4) is 0 Å². The molecule has 0 spiro atoms. The van der Waals surface area contributed by atoms with Gasteiger partial charge in [-0.3, -0.25) is 4.79 Å². The number of carboxylic acid groups (broad SMARTS) is 1. The van der Waals surface area contributed by atoms with E-state index in [1.807, 2.05) is 12.1 Å². The minimum Gasteiger partial charge on any atom is -0.480 e.